The van der Waals surface area contributed by atoms with E-state index in [9.17, 15) is 13.0 Å². The zero-order valence-electron chi connectivity index (χ0n) is 16.7. The van der Waals surface area contributed by atoms with Gasteiger partial charge in [-0.1, -0.05) is 53.2 Å². The van der Waals surface area contributed by atoms with Crippen molar-refractivity contribution in [1.29, 1.82) is 0 Å². The van der Waals surface area contributed by atoms with Crippen molar-refractivity contribution in [2.24, 2.45) is 0 Å². The second-order valence-electron chi connectivity index (χ2n) is 7.17. The molecule has 31 heavy (non-hydrogen) atoms. The first-order valence-electron chi connectivity index (χ1n) is 9.77. The van der Waals surface area contributed by atoms with Crippen LogP contribution in [0, 0.1) is 0 Å². The lowest BCUT2D eigenvalue weighted by Crippen LogP contribution is -2.35. The van der Waals surface area contributed by atoms with Crippen LogP contribution in [0.5, 0.6) is 0 Å². The second kappa shape index (κ2) is 9.29. The predicted octanol–water partition coefficient (Wildman–Crippen LogP) is 5.75. The third-order valence-electron chi connectivity index (χ3n) is 4.85. The molecule has 4 rings (SSSR count). The fourth-order valence-corrected chi connectivity index (χ4v) is 6.65. The topological polar surface area (TPSA) is 64.3 Å². The van der Waals surface area contributed by atoms with Gasteiger partial charge in [-0.3, -0.25) is 0 Å². The summed E-state index contributed by atoms with van der Waals surface area (Å²) in [5.41, 5.74) is 2.02. The van der Waals surface area contributed by atoms with Crippen LogP contribution in [0.15, 0.2) is 46.3 Å². The molecular formula is C21H20Cl2N2O3S3. The maximum Gasteiger partial charge on any atom is 0.265 e. The van der Waals surface area contributed by atoms with Crippen LogP contribution in [0.2, 0.25) is 10.0 Å². The summed E-state index contributed by atoms with van der Waals surface area (Å²) in [5.74, 6) is -0.394. The Morgan fingerprint density at radius 3 is 2.65 bits per heavy atom. The molecule has 3 aromatic rings. The van der Waals surface area contributed by atoms with Gasteiger partial charge in [-0.25, -0.2) is 8.42 Å². The van der Waals surface area contributed by atoms with Crippen molar-refractivity contribution in [3.8, 4) is 0 Å². The molecule has 0 bridgehead atoms. The minimum atomic E-state index is -4.26. The van der Waals surface area contributed by atoms with Crippen LogP contribution >= 0.6 is 46.3 Å². The molecule has 2 aromatic carbocycles. The van der Waals surface area contributed by atoms with Crippen LogP contribution in [0.3, 0.4) is 0 Å². The lowest BCUT2D eigenvalue weighted by Gasteiger charge is -2.20. The van der Waals surface area contributed by atoms with E-state index in [-0.39, 0.29) is 6.42 Å². The first-order chi connectivity index (χ1) is 14.7. The number of thiazole rings is 1. The molecule has 164 valence electrons. The number of fused-ring (bicyclic) bond motifs is 2. The maximum atomic E-state index is 11.1. The van der Waals surface area contributed by atoms with Gasteiger partial charge in [-0.15, -0.1) is 0 Å². The number of benzene rings is 2. The number of rotatable bonds is 7. The molecule has 0 N–H and O–H groups in total. The number of nitrogens with zero attached hydrogens (tertiary/aromatic N) is 2. The van der Waals surface area contributed by atoms with Crippen LogP contribution < -0.4 is 9.47 Å². The van der Waals surface area contributed by atoms with E-state index in [1.54, 1.807) is 23.1 Å². The molecule has 0 fully saturated rings. The average molecular weight is 516 g/mol. The molecule has 1 aliphatic heterocycles. The first-order valence-corrected chi connectivity index (χ1v) is 13.7. The highest BCUT2D eigenvalue weighted by Crippen LogP contribution is 2.47. The van der Waals surface area contributed by atoms with E-state index in [1.165, 1.54) is 0 Å². The van der Waals surface area contributed by atoms with Gasteiger partial charge in [-0.2, -0.15) is 4.57 Å². The molecule has 0 radical (unpaired) electrons. The number of halogens is 2. The molecule has 0 unspecified atom stereocenters. The molecule has 0 amide bonds. The Bertz CT molecular complexity index is 1270. The molecule has 1 aromatic heterocycles. The zero-order chi connectivity index (χ0) is 22.2. The molecule has 0 saturated carbocycles. The van der Waals surface area contributed by atoms with Crippen LogP contribution in [0.1, 0.15) is 24.8 Å². The van der Waals surface area contributed by atoms with Gasteiger partial charge in [0.25, 0.3) is 5.01 Å². The summed E-state index contributed by atoms with van der Waals surface area (Å²) in [6, 6.07) is 11.6. The minimum absolute atomic E-state index is 0.243. The van der Waals surface area contributed by atoms with Gasteiger partial charge >= 0.3 is 0 Å². The number of hydrogen-bond donors (Lipinski definition) is 0. The summed E-state index contributed by atoms with van der Waals surface area (Å²) >= 11 is 15.8. The van der Waals surface area contributed by atoms with Crippen molar-refractivity contribution in [1.82, 2.24) is 0 Å². The third kappa shape index (κ3) is 5.21. The Morgan fingerprint density at radius 2 is 1.90 bits per heavy atom. The number of hydrogen-bond acceptors (Lipinski definition) is 6. The molecule has 0 atom stereocenters. The highest BCUT2D eigenvalue weighted by molar-refractivity contribution is 8.03. The third-order valence-corrected chi connectivity index (χ3v) is 8.34. The van der Waals surface area contributed by atoms with Crippen molar-refractivity contribution in [2.45, 2.75) is 31.2 Å². The van der Waals surface area contributed by atoms with Gasteiger partial charge in [0.2, 0.25) is 5.52 Å². The van der Waals surface area contributed by atoms with Gasteiger partial charge in [0.1, 0.15) is 11.2 Å². The van der Waals surface area contributed by atoms with Gasteiger partial charge in [0, 0.05) is 39.7 Å². The van der Waals surface area contributed by atoms with Gasteiger partial charge in [0.15, 0.2) is 0 Å². The number of aromatic nitrogens is 1. The van der Waals surface area contributed by atoms with Gasteiger partial charge in [-0.05, 0) is 36.8 Å². The van der Waals surface area contributed by atoms with Crippen LogP contribution in [0.4, 0.5) is 5.69 Å². The van der Waals surface area contributed by atoms with Crippen molar-refractivity contribution >= 4 is 78.4 Å². The van der Waals surface area contributed by atoms with Crippen LogP contribution in [0.25, 0.3) is 16.3 Å². The molecule has 1 aliphatic rings. The summed E-state index contributed by atoms with van der Waals surface area (Å²) in [4.78, 5) is 3.09. The molecule has 0 aliphatic carbocycles. The normalized spacial score (nSPS) is 15.2. The summed E-state index contributed by atoms with van der Waals surface area (Å²) < 4.78 is 36.7. The van der Waals surface area contributed by atoms with E-state index in [1.807, 2.05) is 41.3 Å². The molecular weight excluding hydrogens is 495 g/mol. The SMILES string of the molecule is CCC[n+]1c(C=C2Sc3ccc(Cl)cc3N2CCCS(=O)(=O)[O-])sc2ccc(Cl)cc21. The summed E-state index contributed by atoms with van der Waals surface area (Å²) in [5, 5.41) is 3.37. The summed E-state index contributed by atoms with van der Waals surface area (Å²) in [6.07, 6.45) is 3.35. The standard InChI is InChI=1S/C21H20Cl2N2O3S3/c1-2-8-24-16-11-14(22)4-6-18(16)29-20(24)13-21-25(9-3-10-31(26,27)28)17-12-15(23)5-7-19(17)30-21/h4-7,11-13H,2-3,8-10H2,1H3. The smallest absolute Gasteiger partial charge is 0.265 e. The van der Waals surface area contributed by atoms with E-state index < -0.39 is 15.9 Å². The van der Waals surface area contributed by atoms with Crippen molar-refractivity contribution in [3.63, 3.8) is 0 Å². The van der Waals surface area contributed by atoms with E-state index in [4.69, 9.17) is 23.2 Å². The number of aryl methyl sites for hydroxylation is 1. The first kappa shape index (κ1) is 22.9. The van der Waals surface area contributed by atoms with Gasteiger partial charge < -0.3 is 9.45 Å². The van der Waals surface area contributed by atoms with E-state index >= 15 is 0 Å². The lowest BCUT2D eigenvalue weighted by molar-refractivity contribution is -0.668. The van der Waals surface area contributed by atoms with E-state index in [0.29, 0.717) is 16.6 Å². The fourth-order valence-electron chi connectivity index (χ4n) is 3.55. The predicted molar refractivity (Wildman–Crippen MR) is 129 cm³/mol. The van der Waals surface area contributed by atoms with Crippen LogP contribution in [-0.2, 0) is 16.7 Å². The van der Waals surface area contributed by atoms with Crippen molar-refractivity contribution in [3.05, 3.63) is 56.5 Å². The average Bonchev–Trinajstić information content (AvgIpc) is 3.19. The maximum absolute atomic E-state index is 11.1. The Hall–Kier alpha value is -1.29. The monoisotopic (exact) mass is 514 g/mol. The molecule has 5 nitrogen and oxygen atoms in total. The fraction of sp³-hybridized carbons (Fsp3) is 0.286. The summed E-state index contributed by atoms with van der Waals surface area (Å²) in [7, 11) is -4.26. The van der Waals surface area contributed by atoms with E-state index in [2.05, 4.69) is 17.6 Å². The van der Waals surface area contributed by atoms with Crippen molar-refractivity contribution < 1.29 is 17.5 Å². The Morgan fingerprint density at radius 1 is 1.16 bits per heavy atom. The largest absolute Gasteiger partial charge is 0.748 e. The molecule has 0 spiro atoms. The summed E-state index contributed by atoms with van der Waals surface area (Å²) in [6.45, 7) is 3.41. The molecule has 2 heterocycles. The Kier molecular flexibility index (Phi) is 6.86. The Balaban J connectivity index is 1.75. The highest BCUT2D eigenvalue weighted by atomic mass is 35.5. The van der Waals surface area contributed by atoms with Crippen molar-refractivity contribution in [2.75, 3.05) is 17.2 Å². The Labute approximate surface area is 200 Å². The van der Waals surface area contributed by atoms with Crippen LogP contribution in [-0.4, -0.2) is 25.3 Å². The van der Waals surface area contributed by atoms with E-state index in [0.717, 1.165) is 43.8 Å². The van der Waals surface area contributed by atoms with Gasteiger partial charge in [0.05, 0.1) is 26.9 Å². The zero-order valence-corrected chi connectivity index (χ0v) is 20.6. The number of thioether (sulfide) groups is 1. The highest BCUT2D eigenvalue weighted by Gasteiger charge is 2.28. The quantitative estimate of drug-likeness (QED) is 0.296. The second-order valence-corrected chi connectivity index (χ2v) is 11.7. The minimum Gasteiger partial charge on any atom is -0.748 e. The lowest BCUT2D eigenvalue weighted by atomic mass is 10.2. The number of anilines is 1. The molecule has 10 heteroatoms. The molecule has 0 saturated heterocycles.